The summed E-state index contributed by atoms with van der Waals surface area (Å²) in [5.41, 5.74) is 1.91. The summed E-state index contributed by atoms with van der Waals surface area (Å²) in [6.45, 7) is 1.97. The Morgan fingerprint density at radius 2 is 2.29 bits per heavy atom. The van der Waals surface area contributed by atoms with E-state index >= 15 is 0 Å². The average molecular weight is 304 g/mol. The first kappa shape index (κ1) is 12.9. The van der Waals surface area contributed by atoms with Gasteiger partial charge >= 0.3 is 0 Å². The number of hydrogen-bond acceptors (Lipinski definition) is 4. The van der Waals surface area contributed by atoms with Gasteiger partial charge in [-0.25, -0.2) is 4.98 Å². The first-order valence-electron chi connectivity index (χ1n) is 6.93. The lowest BCUT2D eigenvalue weighted by molar-refractivity contribution is 0.193. The van der Waals surface area contributed by atoms with Crippen molar-refractivity contribution in [2.75, 3.05) is 19.8 Å². The molecule has 21 heavy (non-hydrogen) atoms. The molecule has 0 spiro atoms. The second-order valence-corrected chi connectivity index (χ2v) is 5.68. The highest BCUT2D eigenvalue weighted by atomic mass is 35.5. The molecule has 1 aromatic heterocycles. The highest BCUT2D eigenvalue weighted by Gasteiger charge is 2.23. The molecule has 1 unspecified atom stereocenters. The summed E-state index contributed by atoms with van der Waals surface area (Å²) >= 11 is 6.02. The van der Waals surface area contributed by atoms with Gasteiger partial charge in [0, 0.05) is 28.7 Å². The van der Waals surface area contributed by atoms with Gasteiger partial charge in [-0.15, -0.1) is 0 Å². The maximum atomic E-state index is 6.02. The minimum Gasteiger partial charge on any atom is -0.488 e. The second kappa shape index (κ2) is 5.16. The number of rotatable bonds is 2. The molecule has 1 atom stereocenters. The summed E-state index contributed by atoms with van der Waals surface area (Å²) in [4.78, 5) is 4.58. The van der Waals surface area contributed by atoms with Crippen molar-refractivity contribution in [2.24, 2.45) is 0 Å². The number of nitrogens with one attached hydrogen (secondary N) is 1. The van der Waals surface area contributed by atoms with Gasteiger partial charge in [0.2, 0.25) is 0 Å². The second-order valence-electron chi connectivity index (χ2n) is 5.25. The average Bonchev–Trinajstić information content (AvgIpc) is 3.17. The number of fused-ring (bicyclic) bond motifs is 1. The van der Waals surface area contributed by atoms with Crippen LogP contribution in [0.4, 0.5) is 0 Å². The molecule has 3 heterocycles. The number of hydrogen-bond donors (Lipinski definition) is 1. The van der Waals surface area contributed by atoms with E-state index < -0.39 is 0 Å². The summed E-state index contributed by atoms with van der Waals surface area (Å²) in [5.74, 6) is 2.73. The van der Waals surface area contributed by atoms with Gasteiger partial charge in [0.15, 0.2) is 5.82 Å². The Morgan fingerprint density at radius 3 is 3.14 bits per heavy atom. The van der Waals surface area contributed by atoms with E-state index in [-0.39, 0.29) is 0 Å². The van der Waals surface area contributed by atoms with E-state index in [9.17, 15) is 0 Å². The fourth-order valence-corrected chi connectivity index (χ4v) is 2.81. The van der Waals surface area contributed by atoms with E-state index in [4.69, 9.17) is 21.1 Å². The third-order valence-corrected chi connectivity index (χ3v) is 4.03. The van der Waals surface area contributed by atoms with E-state index in [0.29, 0.717) is 30.0 Å². The molecule has 0 saturated carbocycles. The van der Waals surface area contributed by atoms with Gasteiger partial charge in [0.05, 0.1) is 6.61 Å². The van der Waals surface area contributed by atoms with Crippen LogP contribution in [0, 0.1) is 0 Å². The highest BCUT2D eigenvalue weighted by molar-refractivity contribution is 6.30. The molecule has 1 aromatic carbocycles. The quantitative estimate of drug-likeness (QED) is 0.926. The normalized spacial score (nSPS) is 20.8. The van der Waals surface area contributed by atoms with Gasteiger partial charge in [0.25, 0.3) is 0 Å². The summed E-state index contributed by atoms with van der Waals surface area (Å²) in [6, 6.07) is 5.59. The first-order valence-corrected chi connectivity index (χ1v) is 7.31. The zero-order chi connectivity index (χ0) is 14.2. The molecule has 4 rings (SSSR count). The van der Waals surface area contributed by atoms with E-state index in [0.717, 1.165) is 35.7 Å². The van der Waals surface area contributed by atoms with Crippen LogP contribution in [0.1, 0.15) is 29.6 Å². The van der Waals surface area contributed by atoms with E-state index in [1.165, 1.54) is 0 Å². The summed E-state index contributed by atoms with van der Waals surface area (Å²) in [7, 11) is 0. The zero-order valence-electron chi connectivity index (χ0n) is 11.3. The number of benzene rings is 1. The third-order valence-electron chi connectivity index (χ3n) is 3.79. The van der Waals surface area contributed by atoms with E-state index in [2.05, 4.69) is 15.2 Å². The molecular formula is C15H14ClN3O2. The topological polar surface area (TPSA) is 60.0 Å². The molecule has 6 heteroatoms. The SMILES string of the molecule is Clc1ccc2c(c1)C=C(c1n[nH]c(C3CCOC3)n1)CO2. The lowest BCUT2D eigenvalue weighted by atomic mass is 10.1. The third kappa shape index (κ3) is 2.43. The molecular weight excluding hydrogens is 290 g/mol. The number of H-pyrrole nitrogens is 1. The van der Waals surface area contributed by atoms with E-state index in [1.54, 1.807) is 0 Å². The lowest BCUT2D eigenvalue weighted by Gasteiger charge is -2.16. The molecule has 5 nitrogen and oxygen atoms in total. The first-order chi connectivity index (χ1) is 10.3. The fourth-order valence-electron chi connectivity index (χ4n) is 2.63. The number of aromatic nitrogens is 3. The zero-order valence-corrected chi connectivity index (χ0v) is 12.1. The van der Waals surface area contributed by atoms with Crippen molar-refractivity contribution >= 4 is 23.3 Å². The Hall–Kier alpha value is -1.85. The Bertz CT molecular complexity index is 705. The lowest BCUT2D eigenvalue weighted by Crippen LogP contribution is -2.08. The van der Waals surface area contributed by atoms with Crippen LogP contribution in [0.25, 0.3) is 11.6 Å². The van der Waals surface area contributed by atoms with E-state index in [1.807, 2.05) is 24.3 Å². The fraction of sp³-hybridized carbons (Fsp3) is 0.333. The monoisotopic (exact) mass is 303 g/mol. The Balaban J connectivity index is 1.64. The molecule has 0 bridgehead atoms. The van der Waals surface area contributed by atoms with Crippen molar-refractivity contribution in [3.63, 3.8) is 0 Å². The number of ether oxygens (including phenoxy) is 2. The number of aromatic amines is 1. The van der Waals surface area contributed by atoms with Crippen LogP contribution in [0.5, 0.6) is 5.75 Å². The number of nitrogens with zero attached hydrogens (tertiary/aromatic N) is 2. The number of halogens is 1. The smallest absolute Gasteiger partial charge is 0.180 e. The molecule has 108 valence electrons. The van der Waals surface area contributed by atoms with Gasteiger partial charge < -0.3 is 9.47 Å². The maximum absolute atomic E-state index is 6.02. The predicted octanol–water partition coefficient (Wildman–Crippen LogP) is 2.90. The van der Waals surface area contributed by atoms with Crippen molar-refractivity contribution in [1.82, 2.24) is 15.2 Å². The van der Waals surface area contributed by atoms with Crippen molar-refractivity contribution in [1.29, 1.82) is 0 Å². The largest absolute Gasteiger partial charge is 0.488 e. The molecule has 0 amide bonds. The van der Waals surface area contributed by atoms with Crippen LogP contribution >= 0.6 is 11.6 Å². The molecule has 0 aliphatic carbocycles. The van der Waals surface area contributed by atoms with Crippen LogP contribution in [0.2, 0.25) is 5.02 Å². The van der Waals surface area contributed by atoms with Crippen molar-refractivity contribution in [3.8, 4) is 5.75 Å². The molecule has 1 fully saturated rings. The van der Waals surface area contributed by atoms with Gasteiger partial charge in [-0.3, -0.25) is 5.10 Å². The molecule has 1 N–H and O–H groups in total. The van der Waals surface area contributed by atoms with Crippen LogP contribution in [0.15, 0.2) is 18.2 Å². The highest BCUT2D eigenvalue weighted by Crippen LogP contribution is 2.32. The van der Waals surface area contributed by atoms with Gasteiger partial charge in [-0.2, -0.15) is 5.10 Å². The molecule has 2 aromatic rings. The minimum absolute atomic E-state index is 0.318. The standard InChI is InChI=1S/C15H14ClN3O2/c16-12-1-2-13-10(6-12)5-11(8-21-13)15-17-14(18-19-15)9-3-4-20-7-9/h1-2,5-6,9H,3-4,7-8H2,(H,17,18,19). The van der Waals surface area contributed by atoms with Gasteiger partial charge in [-0.05, 0) is 30.7 Å². The minimum atomic E-state index is 0.318. The Kier molecular flexibility index (Phi) is 3.16. The van der Waals surface area contributed by atoms with Gasteiger partial charge in [-0.1, -0.05) is 11.6 Å². The molecule has 0 radical (unpaired) electrons. The molecule has 2 aliphatic heterocycles. The maximum Gasteiger partial charge on any atom is 0.180 e. The summed E-state index contributed by atoms with van der Waals surface area (Å²) < 4.78 is 11.1. The summed E-state index contributed by atoms with van der Waals surface area (Å²) in [5, 5.41) is 8.01. The Morgan fingerprint density at radius 1 is 1.33 bits per heavy atom. The molecule has 2 aliphatic rings. The van der Waals surface area contributed by atoms with Crippen molar-refractivity contribution in [3.05, 3.63) is 40.4 Å². The summed E-state index contributed by atoms with van der Waals surface area (Å²) in [6.07, 6.45) is 3.02. The van der Waals surface area contributed by atoms with Crippen LogP contribution in [0.3, 0.4) is 0 Å². The Labute approximate surface area is 126 Å². The van der Waals surface area contributed by atoms with Crippen molar-refractivity contribution in [2.45, 2.75) is 12.3 Å². The van der Waals surface area contributed by atoms with Crippen LogP contribution in [-0.2, 0) is 4.74 Å². The molecule has 1 saturated heterocycles. The van der Waals surface area contributed by atoms with Crippen LogP contribution in [-0.4, -0.2) is 35.0 Å². The predicted molar refractivity (Wildman–Crippen MR) is 79.4 cm³/mol. The van der Waals surface area contributed by atoms with Crippen molar-refractivity contribution < 1.29 is 9.47 Å². The van der Waals surface area contributed by atoms with Crippen LogP contribution < -0.4 is 4.74 Å². The van der Waals surface area contributed by atoms with Gasteiger partial charge in [0.1, 0.15) is 18.2 Å².